The minimum absolute atomic E-state index is 0.516. The van der Waals surface area contributed by atoms with Gasteiger partial charge < -0.3 is 9.88 Å². The molecule has 1 aliphatic rings. The molecule has 0 radical (unpaired) electrons. The Bertz CT molecular complexity index is 594. The van der Waals surface area contributed by atoms with E-state index in [9.17, 15) is 0 Å². The summed E-state index contributed by atoms with van der Waals surface area (Å²) in [5.74, 6) is 0. The van der Waals surface area contributed by atoms with Crippen molar-refractivity contribution in [1.29, 1.82) is 0 Å². The summed E-state index contributed by atoms with van der Waals surface area (Å²) in [5, 5.41) is 7.89. The van der Waals surface area contributed by atoms with E-state index in [-0.39, 0.29) is 0 Å². The summed E-state index contributed by atoms with van der Waals surface area (Å²) in [7, 11) is 4.09. The molecule has 1 N–H and O–H groups in total. The van der Waals surface area contributed by atoms with E-state index in [1.165, 1.54) is 42.5 Å². The van der Waals surface area contributed by atoms with Crippen molar-refractivity contribution in [1.82, 2.24) is 19.7 Å². The second kappa shape index (κ2) is 5.44. The van der Waals surface area contributed by atoms with Gasteiger partial charge in [-0.3, -0.25) is 4.68 Å². The Labute approximate surface area is 120 Å². The lowest BCUT2D eigenvalue weighted by atomic mass is 10.1. The number of aryl methyl sites for hydroxylation is 3. The maximum absolute atomic E-state index is 4.43. The number of nitrogens with zero attached hydrogens (tertiary/aromatic N) is 3. The monoisotopic (exact) mass is 272 g/mol. The minimum atomic E-state index is 0.516. The second-order valence-electron chi connectivity index (χ2n) is 5.90. The summed E-state index contributed by atoms with van der Waals surface area (Å²) >= 11 is 0. The quantitative estimate of drug-likeness (QED) is 0.872. The van der Waals surface area contributed by atoms with Crippen LogP contribution in [0.5, 0.6) is 0 Å². The van der Waals surface area contributed by atoms with Gasteiger partial charge in [-0.2, -0.15) is 5.10 Å². The highest BCUT2D eigenvalue weighted by Crippen LogP contribution is 2.29. The van der Waals surface area contributed by atoms with Crippen LogP contribution in [0.2, 0.25) is 0 Å². The van der Waals surface area contributed by atoms with Crippen LogP contribution >= 0.6 is 0 Å². The predicted molar refractivity (Wildman–Crippen MR) is 80.8 cm³/mol. The number of hydrogen-bond donors (Lipinski definition) is 1. The average Bonchev–Trinajstić information content (AvgIpc) is 2.88. The Hall–Kier alpha value is -1.55. The van der Waals surface area contributed by atoms with Crippen LogP contribution in [0.25, 0.3) is 0 Å². The lowest BCUT2D eigenvalue weighted by Gasteiger charge is -2.13. The van der Waals surface area contributed by atoms with E-state index in [2.05, 4.69) is 40.5 Å². The molecule has 0 saturated heterocycles. The highest BCUT2D eigenvalue weighted by atomic mass is 15.3. The topological polar surface area (TPSA) is 34.8 Å². The molecule has 4 nitrogen and oxygen atoms in total. The largest absolute Gasteiger partial charge is 0.348 e. The van der Waals surface area contributed by atoms with E-state index in [0.717, 1.165) is 12.2 Å². The molecule has 1 aliphatic carbocycles. The van der Waals surface area contributed by atoms with Crippen LogP contribution in [-0.2, 0) is 20.0 Å². The molecule has 2 aromatic heterocycles. The van der Waals surface area contributed by atoms with E-state index < -0.39 is 0 Å². The smallest absolute Gasteiger partial charge is 0.0639 e. The lowest BCUT2D eigenvalue weighted by molar-refractivity contribution is 0.530. The standard InChI is InChI=1S/C16H24N4/c1-12-8-14(19(3)18-12)10-20-9-13-6-4-5-7-16(17-2)15(13)11-20/h8-9,11,16-17H,4-7,10H2,1-3H3. The van der Waals surface area contributed by atoms with Crippen molar-refractivity contribution in [3.63, 3.8) is 0 Å². The Morgan fingerprint density at radius 1 is 1.35 bits per heavy atom. The maximum Gasteiger partial charge on any atom is 0.0639 e. The zero-order chi connectivity index (χ0) is 14.1. The zero-order valence-electron chi connectivity index (χ0n) is 12.7. The number of rotatable bonds is 3. The van der Waals surface area contributed by atoms with Crippen molar-refractivity contribution in [3.05, 3.63) is 41.0 Å². The number of nitrogens with one attached hydrogen (secondary N) is 1. The predicted octanol–water partition coefficient (Wildman–Crippen LogP) is 2.57. The van der Waals surface area contributed by atoms with Crippen LogP contribution in [0.1, 0.15) is 47.8 Å². The van der Waals surface area contributed by atoms with Gasteiger partial charge in [0, 0.05) is 25.5 Å². The van der Waals surface area contributed by atoms with Crippen molar-refractivity contribution in [2.24, 2.45) is 7.05 Å². The van der Waals surface area contributed by atoms with Gasteiger partial charge in [-0.1, -0.05) is 6.42 Å². The highest BCUT2D eigenvalue weighted by Gasteiger charge is 2.19. The Morgan fingerprint density at radius 3 is 2.90 bits per heavy atom. The molecule has 0 aromatic carbocycles. The van der Waals surface area contributed by atoms with Crippen molar-refractivity contribution < 1.29 is 0 Å². The highest BCUT2D eigenvalue weighted by molar-refractivity contribution is 5.29. The van der Waals surface area contributed by atoms with Gasteiger partial charge in [0.2, 0.25) is 0 Å². The van der Waals surface area contributed by atoms with Gasteiger partial charge in [-0.25, -0.2) is 0 Å². The third-order valence-electron chi connectivity index (χ3n) is 4.35. The number of hydrogen-bond acceptors (Lipinski definition) is 2. The first kappa shape index (κ1) is 13.4. The van der Waals surface area contributed by atoms with Gasteiger partial charge in [-0.15, -0.1) is 0 Å². The fraction of sp³-hybridized carbons (Fsp3) is 0.562. The molecule has 2 heterocycles. The van der Waals surface area contributed by atoms with Crippen LogP contribution in [0.3, 0.4) is 0 Å². The maximum atomic E-state index is 4.43. The summed E-state index contributed by atoms with van der Waals surface area (Å²) in [6, 6.07) is 2.68. The third kappa shape index (κ3) is 2.52. The number of fused-ring (bicyclic) bond motifs is 1. The van der Waals surface area contributed by atoms with Crippen LogP contribution < -0.4 is 5.32 Å². The van der Waals surface area contributed by atoms with Crippen LogP contribution in [0, 0.1) is 6.92 Å². The molecule has 108 valence electrons. The average molecular weight is 272 g/mol. The molecule has 4 heteroatoms. The molecule has 0 amide bonds. The first-order valence-electron chi connectivity index (χ1n) is 7.52. The van der Waals surface area contributed by atoms with Gasteiger partial charge in [0.1, 0.15) is 0 Å². The van der Waals surface area contributed by atoms with Crippen molar-refractivity contribution in [2.45, 2.75) is 45.2 Å². The van der Waals surface area contributed by atoms with Crippen molar-refractivity contribution >= 4 is 0 Å². The van der Waals surface area contributed by atoms with Crippen LogP contribution in [-0.4, -0.2) is 21.4 Å². The molecular formula is C16H24N4. The van der Waals surface area contributed by atoms with Gasteiger partial charge >= 0.3 is 0 Å². The summed E-state index contributed by atoms with van der Waals surface area (Å²) < 4.78 is 4.30. The van der Waals surface area contributed by atoms with Crippen molar-refractivity contribution in [3.8, 4) is 0 Å². The lowest BCUT2D eigenvalue weighted by Crippen LogP contribution is -2.15. The van der Waals surface area contributed by atoms with Crippen LogP contribution in [0.15, 0.2) is 18.5 Å². The van der Waals surface area contributed by atoms with Crippen LogP contribution in [0.4, 0.5) is 0 Å². The van der Waals surface area contributed by atoms with Gasteiger partial charge in [0.05, 0.1) is 17.9 Å². The fourth-order valence-electron chi connectivity index (χ4n) is 3.31. The third-order valence-corrected chi connectivity index (χ3v) is 4.35. The first-order valence-corrected chi connectivity index (χ1v) is 7.52. The van der Waals surface area contributed by atoms with Gasteiger partial charge in [-0.05, 0) is 50.4 Å². The van der Waals surface area contributed by atoms with E-state index in [1.807, 2.05) is 18.7 Å². The zero-order valence-corrected chi connectivity index (χ0v) is 12.7. The second-order valence-corrected chi connectivity index (χ2v) is 5.90. The minimum Gasteiger partial charge on any atom is -0.348 e. The summed E-state index contributed by atoms with van der Waals surface area (Å²) in [6.07, 6.45) is 9.74. The van der Waals surface area contributed by atoms with Gasteiger partial charge in [0.15, 0.2) is 0 Å². The van der Waals surface area contributed by atoms with Gasteiger partial charge in [0.25, 0.3) is 0 Å². The fourth-order valence-corrected chi connectivity index (χ4v) is 3.31. The first-order chi connectivity index (χ1) is 9.67. The molecular weight excluding hydrogens is 248 g/mol. The summed E-state index contributed by atoms with van der Waals surface area (Å²) in [6.45, 7) is 2.95. The van der Waals surface area contributed by atoms with E-state index >= 15 is 0 Å². The Balaban J connectivity index is 1.87. The summed E-state index contributed by atoms with van der Waals surface area (Å²) in [4.78, 5) is 0. The van der Waals surface area contributed by atoms with E-state index in [4.69, 9.17) is 0 Å². The Morgan fingerprint density at radius 2 is 2.20 bits per heavy atom. The Kier molecular flexibility index (Phi) is 3.66. The molecule has 0 saturated carbocycles. The normalized spacial score (nSPS) is 18.9. The molecule has 2 aromatic rings. The summed E-state index contributed by atoms with van der Waals surface area (Å²) in [5.41, 5.74) is 5.35. The molecule has 0 bridgehead atoms. The molecule has 1 unspecified atom stereocenters. The molecule has 20 heavy (non-hydrogen) atoms. The van der Waals surface area contributed by atoms with E-state index in [1.54, 1.807) is 0 Å². The van der Waals surface area contributed by atoms with E-state index in [0.29, 0.717) is 6.04 Å². The van der Waals surface area contributed by atoms with Crippen molar-refractivity contribution in [2.75, 3.05) is 7.05 Å². The molecule has 0 spiro atoms. The molecule has 0 fully saturated rings. The SMILES string of the molecule is CNC1CCCCc2cn(Cc3cc(C)nn3C)cc21. The molecule has 0 aliphatic heterocycles. The molecule has 3 rings (SSSR count). The molecule has 1 atom stereocenters. The number of aromatic nitrogens is 3.